The maximum atomic E-state index is 13.0. The quantitative estimate of drug-likeness (QED) is 0.0542. The third kappa shape index (κ3) is 16.8. The van der Waals surface area contributed by atoms with E-state index in [1.807, 2.05) is 36.4 Å². The Hall–Kier alpha value is -5.63. The zero-order valence-corrected chi connectivity index (χ0v) is 32.6. The van der Waals surface area contributed by atoms with Crippen molar-refractivity contribution in [2.45, 2.75) is 31.6 Å². The van der Waals surface area contributed by atoms with Gasteiger partial charge in [0.05, 0.1) is 32.7 Å². The van der Waals surface area contributed by atoms with Gasteiger partial charge in [0.25, 0.3) is 0 Å². The van der Waals surface area contributed by atoms with Gasteiger partial charge in [-0.2, -0.15) is 0 Å². The fourth-order valence-electron chi connectivity index (χ4n) is 6.61. The second kappa shape index (κ2) is 24.9. The van der Waals surface area contributed by atoms with Crippen LogP contribution >= 0.6 is 0 Å². The molecule has 0 unspecified atom stereocenters. The fourth-order valence-corrected chi connectivity index (χ4v) is 6.61. The number of hydrogen-bond donors (Lipinski definition) is 7. The van der Waals surface area contributed by atoms with E-state index in [4.69, 9.17) is 10.5 Å². The van der Waals surface area contributed by atoms with Crippen LogP contribution in [0.25, 0.3) is 11.1 Å². The van der Waals surface area contributed by atoms with Crippen LogP contribution in [0.2, 0.25) is 0 Å². The summed E-state index contributed by atoms with van der Waals surface area (Å²) in [7, 11) is 0. The lowest BCUT2D eigenvalue weighted by molar-refractivity contribution is -0.146. The number of carboxylic acid groups (broad SMARTS) is 4. The molecule has 0 aromatic heterocycles. The molecule has 318 valence electrons. The van der Waals surface area contributed by atoms with Gasteiger partial charge in [0, 0.05) is 51.7 Å². The first kappa shape index (κ1) is 46.8. The average molecular weight is 814 g/mol. The SMILES string of the molecule is NCCCCN(CC(=O)O)C(=O)CN(CCN(CCN(CC(=O)O)CC(=O)NCCCCNC(=O)OCC1c2ccccc2-c2ccccc21)CC(=O)O)CC(=O)O. The third-order valence-corrected chi connectivity index (χ3v) is 9.37. The number of rotatable bonds is 29. The molecule has 3 rings (SSSR count). The molecule has 8 N–H and O–H groups in total. The lowest BCUT2D eigenvalue weighted by atomic mass is 9.98. The Morgan fingerprint density at radius 2 is 1.05 bits per heavy atom. The molecule has 1 aliphatic rings. The molecule has 3 amide bonds. The second-order valence-electron chi connectivity index (χ2n) is 13.9. The number of carboxylic acids is 4. The number of fused-ring (bicyclic) bond motifs is 3. The van der Waals surface area contributed by atoms with Gasteiger partial charge in [-0.05, 0) is 54.5 Å². The number of carbonyl (C=O) groups excluding carboxylic acids is 3. The summed E-state index contributed by atoms with van der Waals surface area (Å²) in [6.45, 7) is -1.81. The number of benzene rings is 2. The summed E-state index contributed by atoms with van der Waals surface area (Å²) in [4.78, 5) is 89.4. The molecule has 2 aromatic carbocycles. The molecular formula is C39H55N7O12. The normalized spacial score (nSPS) is 11.9. The van der Waals surface area contributed by atoms with Crippen molar-refractivity contribution < 1.29 is 58.7 Å². The Bertz CT molecular complexity index is 1660. The van der Waals surface area contributed by atoms with E-state index in [0.29, 0.717) is 38.8 Å². The van der Waals surface area contributed by atoms with E-state index in [2.05, 4.69) is 22.8 Å². The van der Waals surface area contributed by atoms with E-state index in [1.54, 1.807) is 0 Å². The van der Waals surface area contributed by atoms with E-state index >= 15 is 0 Å². The van der Waals surface area contributed by atoms with Gasteiger partial charge >= 0.3 is 30.0 Å². The van der Waals surface area contributed by atoms with Crippen LogP contribution in [-0.4, -0.2) is 180 Å². The highest BCUT2D eigenvalue weighted by Gasteiger charge is 2.29. The molecule has 19 heteroatoms. The first-order valence-corrected chi connectivity index (χ1v) is 19.1. The minimum atomic E-state index is -1.25. The summed E-state index contributed by atoms with van der Waals surface area (Å²) in [5, 5.41) is 43.1. The topological polar surface area (TPSA) is 273 Å². The summed E-state index contributed by atoms with van der Waals surface area (Å²) in [5.74, 6) is -6.04. The first-order chi connectivity index (χ1) is 27.8. The molecule has 1 aliphatic carbocycles. The van der Waals surface area contributed by atoms with E-state index < -0.39 is 74.5 Å². The Morgan fingerprint density at radius 1 is 0.569 bits per heavy atom. The second-order valence-corrected chi connectivity index (χ2v) is 13.9. The van der Waals surface area contributed by atoms with Gasteiger partial charge in [0.1, 0.15) is 13.2 Å². The fraction of sp³-hybridized carbons (Fsp3) is 0.513. The monoisotopic (exact) mass is 813 g/mol. The molecule has 19 nitrogen and oxygen atoms in total. The third-order valence-electron chi connectivity index (χ3n) is 9.37. The number of nitrogens with zero attached hydrogens (tertiary/aromatic N) is 4. The lowest BCUT2D eigenvalue weighted by Gasteiger charge is -2.29. The summed E-state index contributed by atoms with van der Waals surface area (Å²) in [6.07, 6.45) is 1.50. The van der Waals surface area contributed by atoms with Crippen LogP contribution in [0.5, 0.6) is 0 Å². The number of nitrogens with two attached hydrogens (primary N) is 1. The van der Waals surface area contributed by atoms with E-state index in [9.17, 15) is 54.0 Å². The highest BCUT2D eigenvalue weighted by molar-refractivity contribution is 5.83. The van der Waals surface area contributed by atoms with Crippen LogP contribution in [0, 0.1) is 0 Å². The standard InChI is InChI=1S/C39H55N7O12/c40-13-5-8-16-46(26-38(55)56)34(48)22-45(25-37(53)54)20-18-43(23-35(49)50)17-19-44(24-36(51)52)21-33(47)41-14-6-7-15-42-39(57)58-27-32-30-11-3-1-9-28(30)29-10-2-4-12-31(29)32/h1-4,9-12,32H,5-8,13-27,40H2,(H,41,47)(H,42,57)(H,49,50)(H,51,52)(H,53,54)(H,55,56). The van der Waals surface area contributed by atoms with E-state index in [0.717, 1.165) is 27.2 Å². The number of hydrogen-bond acceptors (Lipinski definition) is 12. The molecule has 0 heterocycles. The number of unbranched alkanes of at least 4 members (excludes halogenated alkanes) is 2. The minimum absolute atomic E-state index is 0.00646. The molecule has 0 radical (unpaired) electrons. The van der Waals surface area contributed by atoms with Crippen molar-refractivity contribution in [1.82, 2.24) is 30.2 Å². The van der Waals surface area contributed by atoms with Crippen LogP contribution in [0.4, 0.5) is 4.79 Å². The van der Waals surface area contributed by atoms with Crippen molar-refractivity contribution in [3.63, 3.8) is 0 Å². The van der Waals surface area contributed by atoms with Crippen molar-refractivity contribution in [2.24, 2.45) is 5.73 Å². The zero-order valence-electron chi connectivity index (χ0n) is 32.6. The van der Waals surface area contributed by atoms with Crippen LogP contribution in [0.15, 0.2) is 48.5 Å². The van der Waals surface area contributed by atoms with Gasteiger partial charge < -0.3 is 46.4 Å². The highest BCUT2D eigenvalue weighted by atomic mass is 16.5. The van der Waals surface area contributed by atoms with Crippen molar-refractivity contribution >= 4 is 41.8 Å². The summed E-state index contributed by atoms with van der Waals surface area (Å²) >= 11 is 0. The number of aliphatic carboxylic acids is 4. The molecule has 0 bridgehead atoms. The van der Waals surface area contributed by atoms with E-state index in [1.165, 1.54) is 14.7 Å². The highest BCUT2D eigenvalue weighted by Crippen LogP contribution is 2.44. The molecule has 0 fully saturated rings. The predicted molar refractivity (Wildman–Crippen MR) is 210 cm³/mol. The van der Waals surface area contributed by atoms with Crippen LogP contribution in [0.1, 0.15) is 42.7 Å². The minimum Gasteiger partial charge on any atom is -0.480 e. The van der Waals surface area contributed by atoms with Crippen molar-refractivity contribution in [3.05, 3.63) is 59.7 Å². The largest absolute Gasteiger partial charge is 0.480 e. The number of nitrogens with one attached hydrogen (secondary N) is 2. The van der Waals surface area contributed by atoms with Crippen molar-refractivity contribution in [3.8, 4) is 11.1 Å². The van der Waals surface area contributed by atoms with Gasteiger partial charge in [0.2, 0.25) is 11.8 Å². The molecule has 0 atom stereocenters. The molecule has 0 saturated heterocycles. The Kier molecular flexibility index (Phi) is 20.1. The number of carbonyl (C=O) groups is 7. The number of amides is 3. The summed E-state index contributed by atoms with van der Waals surface area (Å²) in [5.41, 5.74) is 9.96. The van der Waals surface area contributed by atoms with Crippen molar-refractivity contribution in [1.29, 1.82) is 0 Å². The Labute approximate surface area is 336 Å². The molecule has 0 aliphatic heterocycles. The van der Waals surface area contributed by atoms with Gasteiger partial charge in [-0.15, -0.1) is 0 Å². The molecule has 0 saturated carbocycles. The van der Waals surface area contributed by atoms with Gasteiger partial charge in [-0.1, -0.05) is 48.5 Å². The molecule has 58 heavy (non-hydrogen) atoms. The number of alkyl carbamates (subject to hydrolysis) is 1. The molecule has 0 spiro atoms. The first-order valence-electron chi connectivity index (χ1n) is 19.1. The predicted octanol–water partition coefficient (Wildman–Crippen LogP) is 0.233. The average Bonchev–Trinajstić information content (AvgIpc) is 3.48. The summed E-state index contributed by atoms with van der Waals surface area (Å²) in [6, 6.07) is 16.1. The van der Waals surface area contributed by atoms with Crippen molar-refractivity contribution in [2.75, 3.05) is 98.2 Å². The van der Waals surface area contributed by atoms with Gasteiger partial charge in [-0.25, -0.2) is 4.79 Å². The van der Waals surface area contributed by atoms with Gasteiger partial charge in [-0.3, -0.25) is 43.5 Å². The molecular weight excluding hydrogens is 758 g/mol. The van der Waals surface area contributed by atoms with Crippen LogP contribution in [-0.2, 0) is 33.5 Å². The smallest absolute Gasteiger partial charge is 0.407 e. The van der Waals surface area contributed by atoms with Gasteiger partial charge in [0.15, 0.2) is 0 Å². The maximum absolute atomic E-state index is 13.0. The number of ether oxygens (including phenoxy) is 1. The van der Waals surface area contributed by atoms with E-state index in [-0.39, 0.29) is 58.3 Å². The van der Waals surface area contributed by atoms with Crippen LogP contribution in [0.3, 0.4) is 0 Å². The molecule has 2 aromatic rings. The Morgan fingerprint density at radius 3 is 1.59 bits per heavy atom. The lowest BCUT2D eigenvalue weighted by Crippen LogP contribution is -2.48. The van der Waals surface area contributed by atoms with Crippen LogP contribution < -0.4 is 16.4 Å². The zero-order chi connectivity index (χ0) is 42.5. The Balaban J connectivity index is 1.42. The maximum Gasteiger partial charge on any atom is 0.407 e. The summed E-state index contributed by atoms with van der Waals surface area (Å²) < 4.78 is 5.54.